The average molecular weight is 431 g/mol. The highest BCUT2D eigenvalue weighted by Crippen LogP contribution is 2.25. The molecule has 0 aliphatic carbocycles. The van der Waals surface area contributed by atoms with Crippen LogP contribution in [0.1, 0.15) is 15.9 Å². The number of carbonyl (C=O) groups excluding carboxylic acids is 1. The van der Waals surface area contributed by atoms with Crippen molar-refractivity contribution in [1.29, 1.82) is 0 Å². The summed E-state index contributed by atoms with van der Waals surface area (Å²) in [6, 6.07) is 13.4. The molecule has 0 radical (unpaired) electrons. The van der Waals surface area contributed by atoms with E-state index in [-0.39, 0.29) is 9.47 Å². The van der Waals surface area contributed by atoms with Crippen LogP contribution in [0.15, 0.2) is 65.5 Å². The van der Waals surface area contributed by atoms with Crippen molar-refractivity contribution in [2.24, 2.45) is 0 Å². The van der Waals surface area contributed by atoms with Gasteiger partial charge in [-0.15, -0.1) is 10.2 Å². The number of hydrogen-bond donors (Lipinski definition) is 2. The fraction of sp³-hybridized carbons (Fsp3) is 0.105. The molecule has 0 saturated heterocycles. The zero-order chi connectivity index (χ0) is 20.9. The largest absolute Gasteiger partial charge is 0.489 e. The van der Waals surface area contributed by atoms with Gasteiger partial charge in [-0.05, 0) is 31.2 Å². The van der Waals surface area contributed by atoms with Gasteiger partial charge in [-0.2, -0.15) is 8.42 Å². The number of carbonyl (C=O) groups is 1. The Morgan fingerprint density at radius 2 is 1.97 bits per heavy atom. The molecule has 2 aromatic carbocycles. The maximum Gasteiger partial charge on any atom is 0.291 e. The molecule has 1 aromatic heterocycles. The zero-order valence-corrected chi connectivity index (χ0v) is 17.1. The van der Waals surface area contributed by atoms with E-state index in [4.69, 9.17) is 4.74 Å². The molecule has 0 saturated carbocycles. The predicted octanol–water partition coefficient (Wildman–Crippen LogP) is 3.46. The summed E-state index contributed by atoms with van der Waals surface area (Å²) < 4.78 is 32.7. The second kappa shape index (κ2) is 8.84. The lowest BCUT2D eigenvalue weighted by Crippen LogP contribution is -2.12. The van der Waals surface area contributed by atoms with E-state index in [1.807, 2.05) is 19.1 Å². The summed E-state index contributed by atoms with van der Waals surface area (Å²) in [4.78, 5) is 12.2. The fourth-order valence-corrected chi connectivity index (χ4v) is 4.19. The summed E-state index contributed by atoms with van der Waals surface area (Å²) in [5.74, 6) is 0.0959. The normalized spacial score (nSPS) is 10.9. The van der Waals surface area contributed by atoms with Crippen LogP contribution in [-0.4, -0.2) is 31.1 Å². The van der Waals surface area contributed by atoms with Gasteiger partial charge >= 0.3 is 0 Å². The molecular formula is C19H18N4O4S2. The molecule has 29 heavy (non-hydrogen) atoms. The highest BCUT2D eigenvalue weighted by molar-refractivity contribution is 7.94. The Morgan fingerprint density at radius 3 is 2.69 bits per heavy atom. The average Bonchev–Trinajstić information content (AvgIpc) is 3.16. The number of nitrogens with one attached hydrogen (secondary N) is 2. The van der Waals surface area contributed by atoms with Gasteiger partial charge in [0, 0.05) is 11.6 Å². The molecule has 150 valence electrons. The zero-order valence-electron chi connectivity index (χ0n) is 15.5. The van der Waals surface area contributed by atoms with Gasteiger partial charge in [0.2, 0.25) is 5.13 Å². The first kappa shape index (κ1) is 20.5. The molecule has 0 fully saturated rings. The highest BCUT2D eigenvalue weighted by Gasteiger charge is 2.21. The van der Waals surface area contributed by atoms with Crippen LogP contribution in [0, 0.1) is 6.92 Å². The topological polar surface area (TPSA) is 110 Å². The number of anilines is 2. The lowest BCUT2D eigenvalue weighted by atomic mass is 10.1. The van der Waals surface area contributed by atoms with E-state index in [1.54, 1.807) is 42.5 Å². The van der Waals surface area contributed by atoms with Gasteiger partial charge in [0.1, 0.15) is 12.4 Å². The van der Waals surface area contributed by atoms with Crippen LogP contribution in [0.5, 0.6) is 5.75 Å². The molecule has 1 heterocycles. The molecule has 0 unspecified atom stereocenters. The van der Waals surface area contributed by atoms with Crippen molar-refractivity contribution in [1.82, 2.24) is 10.2 Å². The Hall–Kier alpha value is -3.24. The third-order valence-corrected chi connectivity index (χ3v) is 6.21. The molecule has 0 atom stereocenters. The number of benzene rings is 2. The third kappa shape index (κ3) is 5.39. The predicted molar refractivity (Wildman–Crippen MR) is 112 cm³/mol. The fourth-order valence-electron chi connectivity index (χ4n) is 2.25. The monoisotopic (exact) mass is 430 g/mol. The minimum atomic E-state index is -3.97. The molecule has 0 spiro atoms. The molecular weight excluding hydrogens is 412 g/mol. The molecule has 10 heteroatoms. The van der Waals surface area contributed by atoms with Gasteiger partial charge in [-0.25, -0.2) is 0 Å². The maximum absolute atomic E-state index is 12.6. The Kier molecular flexibility index (Phi) is 6.25. The van der Waals surface area contributed by atoms with Crippen LogP contribution < -0.4 is 14.8 Å². The van der Waals surface area contributed by atoms with Crippen LogP contribution in [0.4, 0.5) is 10.8 Å². The standard InChI is InChI=1S/C19H18N4O4S2/c1-3-11-27-16-6-4-5-15(12-16)23-29(25,26)19-22-21-18(28-19)20-17(24)14-9-7-13(2)8-10-14/h3-10,12,23H,1,11H2,2H3,(H,20,21,24). The van der Waals surface area contributed by atoms with E-state index in [1.165, 1.54) is 0 Å². The highest BCUT2D eigenvalue weighted by atomic mass is 32.2. The Bertz CT molecular complexity index is 1130. The first-order valence-electron chi connectivity index (χ1n) is 8.45. The van der Waals surface area contributed by atoms with Crippen LogP contribution in [0.3, 0.4) is 0 Å². The van der Waals surface area contributed by atoms with Crippen molar-refractivity contribution in [2.75, 3.05) is 16.6 Å². The van der Waals surface area contributed by atoms with Crippen LogP contribution in [0.2, 0.25) is 0 Å². The lowest BCUT2D eigenvalue weighted by molar-refractivity contribution is 0.102. The quantitative estimate of drug-likeness (QED) is 0.418. The van der Waals surface area contributed by atoms with E-state index in [2.05, 4.69) is 26.8 Å². The molecule has 0 bridgehead atoms. The van der Waals surface area contributed by atoms with Gasteiger partial charge in [0.15, 0.2) is 0 Å². The van der Waals surface area contributed by atoms with Gasteiger partial charge in [-0.1, -0.05) is 47.8 Å². The molecule has 2 N–H and O–H groups in total. The minimum Gasteiger partial charge on any atom is -0.489 e. The van der Waals surface area contributed by atoms with E-state index < -0.39 is 15.9 Å². The number of sulfonamides is 1. The van der Waals surface area contributed by atoms with Gasteiger partial charge < -0.3 is 4.74 Å². The summed E-state index contributed by atoms with van der Waals surface area (Å²) in [6.45, 7) is 5.78. The number of aryl methyl sites for hydroxylation is 1. The summed E-state index contributed by atoms with van der Waals surface area (Å²) in [5, 5.41) is 10.1. The van der Waals surface area contributed by atoms with Crippen molar-refractivity contribution >= 4 is 38.1 Å². The minimum absolute atomic E-state index is 0.0824. The second-order valence-corrected chi connectivity index (χ2v) is 8.76. The van der Waals surface area contributed by atoms with Crippen molar-refractivity contribution in [3.8, 4) is 5.75 Å². The summed E-state index contributed by atoms with van der Waals surface area (Å²) in [6.07, 6.45) is 1.59. The van der Waals surface area contributed by atoms with Crippen LogP contribution in [-0.2, 0) is 10.0 Å². The summed E-state index contributed by atoms with van der Waals surface area (Å²) in [5.41, 5.74) is 1.77. The molecule has 0 aliphatic rings. The summed E-state index contributed by atoms with van der Waals surface area (Å²) in [7, 11) is -3.97. The van der Waals surface area contributed by atoms with Gasteiger partial charge in [0.25, 0.3) is 20.3 Å². The van der Waals surface area contributed by atoms with Crippen molar-refractivity contribution in [2.45, 2.75) is 11.3 Å². The number of aromatic nitrogens is 2. The van der Waals surface area contributed by atoms with Gasteiger partial charge in [0.05, 0.1) is 5.69 Å². The Balaban J connectivity index is 1.70. The molecule has 3 rings (SSSR count). The molecule has 3 aromatic rings. The van der Waals surface area contributed by atoms with Crippen LogP contribution in [0.25, 0.3) is 0 Å². The number of amides is 1. The molecule has 0 aliphatic heterocycles. The number of hydrogen-bond acceptors (Lipinski definition) is 7. The van der Waals surface area contributed by atoms with E-state index >= 15 is 0 Å². The SMILES string of the molecule is C=CCOc1cccc(NS(=O)(=O)c2nnc(NC(=O)c3ccc(C)cc3)s2)c1. The van der Waals surface area contributed by atoms with E-state index in [9.17, 15) is 13.2 Å². The Morgan fingerprint density at radius 1 is 1.21 bits per heavy atom. The van der Waals surface area contributed by atoms with Gasteiger partial charge in [-0.3, -0.25) is 14.8 Å². The van der Waals surface area contributed by atoms with Crippen molar-refractivity contribution in [3.63, 3.8) is 0 Å². The smallest absolute Gasteiger partial charge is 0.291 e. The molecule has 1 amide bonds. The van der Waals surface area contributed by atoms with Crippen molar-refractivity contribution < 1.29 is 17.9 Å². The Labute approximate surface area is 172 Å². The number of nitrogens with zero attached hydrogens (tertiary/aromatic N) is 2. The van der Waals surface area contributed by atoms with Crippen molar-refractivity contribution in [3.05, 3.63) is 72.3 Å². The molecule has 8 nitrogen and oxygen atoms in total. The van der Waals surface area contributed by atoms with Crippen LogP contribution >= 0.6 is 11.3 Å². The first-order valence-corrected chi connectivity index (χ1v) is 10.8. The maximum atomic E-state index is 12.6. The number of ether oxygens (including phenoxy) is 1. The van der Waals surface area contributed by atoms with E-state index in [0.29, 0.717) is 23.6 Å². The number of rotatable bonds is 8. The first-order chi connectivity index (χ1) is 13.9. The third-order valence-electron chi connectivity index (χ3n) is 3.62. The summed E-state index contributed by atoms with van der Waals surface area (Å²) >= 11 is 0.754. The van der Waals surface area contributed by atoms with E-state index in [0.717, 1.165) is 16.9 Å². The lowest BCUT2D eigenvalue weighted by Gasteiger charge is -2.08. The second-order valence-electron chi connectivity index (χ2n) is 5.93.